The Hall–Kier alpha value is -2.01. The van der Waals surface area contributed by atoms with Crippen LogP contribution in [0.2, 0.25) is 0 Å². The molecule has 0 fully saturated rings. The molecule has 1 aromatic rings. The van der Waals surface area contributed by atoms with Crippen molar-refractivity contribution in [1.29, 1.82) is 0 Å². The molecule has 0 unspecified atom stereocenters. The van der Waals surface area contributed by atoms with Crippen LogP contribution in [0.5, 0.6) is 5.75 Å². The molecule has 2 aliphatic rings. The van der Waals surface area contributed by atoms with Crippen LogP contribution < -0.4 is 10.1 Å². The summed E-state index contributed by atoms with van der Waals surface area (Å²) in [5.74, 6) is 0.642. The van der Waals surface area contributed by atoms with Crippen LogP contribution in [0, 0.1) is 0 Å². The summed E-state index contributed by atoms with van der Waals surface area (Å²) in [6, 6.07) is 5.40. The van der Waals surface area contributed by atoms with Gasteiger partial charge in [-0.2, -0.15) is 0 Å². The van der Waals surface area contributed by atoms with E-state index < -0.39 is 0 Å². The standard InChI is InChI=1S/C20H23BrN2O2/c1-4-25-19-8-6-15(11-18(19)21)20(24)22-16-7-5-14-9-10-23(3)13(2)17(14)12-16/h5-8,11H,4,9-10,12H2,1-3H3,(H,22,24). The van der Waals surface area contributed by atoms with E-state index in [1.165, 1.54) is 16.8 Å². The van der Waals surface area contributed by atoms with Crippen LogP contribution in [-0.4, -0.2) is 31.0 Å². The lowest BCUT2D eigenvalue weighted by Crippen LogP contribution is -2.29. The van der Waals surface area contributed by atoms with E-state index in [-0.39, 0.29) is 5.91 Å². The Kier molecular flexibility index (Phi) is 5.33. The highest BCUT2D eigenvalue weighted by Gasteiger charge is 2.22. The topological polar surface area (TPSA) is 41.6 Å². The minimum atomic E-state index is -0.103. The summed E-state index contributed by atoms with van der Waals surface area (Å²) in [5.41, 5.74) is 5.55. The van der Waals surface area contributed by atoms with Crippen LogP contribution in [-0.2, 0) is 0 Å². The second-order valence-corrected chi connectivity index (χ2v) is 7.18. The van der Waals surface area contributed by atoms with Gasteiger partial charge in [0.1, 0.15) is 5.75 Å². The highest BCUT2D eigenvalue weighted by atomic mass is 79.9. The lowest BCUT2D eigenvalue weighted by Gasteiger charge is -2.32. The molecule has 5 heteroatoms. The number of hydrogen-bond donors (Lipinski definition) is 1. The first-order valence-corrected chi connectivity index (χ1v) is 9.33. The third kappa shape index (κ3) is 3.82. The number of amides is 1. The van der Waals surface area contributed by atoms with Crippen LogP contribution >= 0.6 is 15.9 Å². The molecule has 4 nitrogen and oxygen atoms in total. The van der Waals surface area contributed by atoms with Gasteiger partial charge in [-0.25, -0.2) is 0 Å². The first-order valence-electron chi connectivity index (χ1n) is 8.54. The number of allylic oxidation sites excluding steroid dienone is 4. The lowest BCUT2D eigenvalue weighted by atomic mass is 9.89. The van der Waals surface area contributed by atoms with E-state index in [1.54, 1.807) is 12.1 Å². The zero-order chi connectivity index (χ0) is 18.0. The first kappa shape index (κ1) is 17.8. The molecule has 1 aliphatic heterocycles. The SMILES string of the molecule is CCOc1ccc(C(=O)NC2=CC=C3CCN(C)C(C)=C3C2)cc1Br. The number of ether oxygens (including phenoxy) is 1. The van der Waals surface area contributed by atoms with Crippen molar-refractivity contribution < 1.29 is 9.53 Å². The minimum absolute atomic E-state index is 0.103. The number of nitrogens with one attached hydrogen (secondary N) is 1. The molecule has 1 aliphatic carbocycles. The maximum Gasteiger partial charge on any atom is 0.255 e. The molecular weight excluding hydrogens is 380 g/mol. The van der Waals surface area contributed by atoms with Crippen molar-refractivity contribution in [2.24, 2.45) is 0 Å². The van der Waals surface area contributed by atoms with Gasteiger partial charge in [0, 0.05) is 37.0 Å². The monoisotopic (exact) mass is 402 g/mol. The number of carbonyl (C=O) groups excluding carboxylic acids is 1. The Morgan fingerprint density at radius 3 is 2.88 bits per heavy atom. The van der Waals surface area contributed by atoms with Gasteiger partial charge in [-0.05, 0) is 71.6 Å². The molecular formula is C20H23BrN2O2. The highest BCUT2D eigenvalue weighted by molar-refractivity contribution is 9.10. The molecule has 1 heterocycles. The molecule has 0 saturated heterocycles. The molecule has 1 aromatic carbocycles. The van der Waals surface area contributed by atoms with E-state index in [1.807, 2.05) is 19.1 Å². The third-order valence-electron chi connectivity index (χ3n) is 4.73. The fraction of sp³-hybridized carbons (Fsp3) is 0.350. The largest absolute Gasteiger partial charge is 0.493 e. The van der Waals surface area contributed by atoms with Gasteiger partial charge in [-0.3, -0.25) is 4.79 Å². The van der Waals surface area contributed by atoms with Gasteiger partial charge < -0.3 is 15.0 Å². The predicted octanol–water partition coefficient (Wildman–Crippen LogP) is 4.40. The first-order chi connectivity index (χ1) is 12.0. The number of carbonyl (C=O) groups is 1. The smallest absolute Gasteiger partial charge is 0.255 e. The zero-order valence-electron chi connectivity index (χ0n) is 14.9. The maximum atomic E-state index is 12.6. The van der Waals surface area contributed by atoms with Crippen LogP contribution in [0.1, 0.15) is 37.0 Å². The predicted molar refractivity (Wildman–Crippen MR) is 104 cm³/mol. The van der Waals surface area contributed by atoms with Gasteiger partial charge in [0.05, 0.1) is 11.1 Å². The number of halogens is 1. The average Bonchev–Trinajstić information content (AvgIpc) is 2.60. The fourth-order valence-electron chi connectivity index (χ4n) is 3.16. The number of rotatable bonds is 4. The molecule has 3 rings (SSSR count). The van der Waals surface area contributed by atoms with Gasteiger partial charge in [0.15, 0.2) is 0 Å². The summed E-state index contributed by atoms with van der Waals surface area (Å²) in [5, 5.41) is 3.05. The van der Waals surface area contributed by atoms with Crippen molar-refractivity contribution in [1.82, 2.24) is 10.2 Å². The van der Waals surface area contributed by atoms with Crippen molar-refractivity contribution in [3.05, 3.63) is 62.9 Å². The molecule has 132 valence electrons. The maximum absolute atomic E-state index is 12.6. The molecule has 0 radical (unpaired) electrons. The molecule has 0 atom stereocenters. The Labute approximate surface area is 157 Å². The Morgan fingerprint density at radius 2 is 2.16 bits per heavy atom. The quantitative estimate of drug-likeness (QED) is 0.810. The second kappa shape index (κ2) is 7.48. The summed E-state index contributed by atoms with van der Waals surface area (Å²) < 4.78 is 6.28. The summed E-state index contributed by atoms with van der Waals surface area (Å²) in [4.78, 5) is 14.9. The van der Waals surface area contributed by atoms with E-state index in [2.05, 4.69) is 46.2 Å². The van der Waals surface area contributed by atoms with E-state index in [0.717, 1.165) is 35.3 Å². The lowest BCUT2D eigenvalue weighted by molar-refractivity contribution is 0.0965. The highest BCUT2D eigenvalue weighted by Crippen LogP contribution is 2.33. The van der Waals surface area contributed by atoms with E-state index >= 15 is 0 Å². The summed E-state index contributed by atoms with van der Waals surface area (Å²) in [6.07, 6.45) is 6.00. The van der Waals surface area contributed by atoms with Crippen LogP contribution in [0.4, 0.5) is 0 Å². The van der Waals surface area contributed by atoms with Gasteiger partial charge in [0.25, 0.3) is 5.91 Å². The number of fused-ring (bicyclic) bond motifs is 1. The van der Waals surface area contributed by atoms with Crippen LogP contribution in [0.3, 0.4) is 0 Å². The fourth-order valence-corrected chi connectivity index (χ4v) is 3.66. The van der Waals surface area contributed by atoms with Crippen LogP contribution in [0.25, 0.3) is 0 Å². The molecule has 25 heavy (non-hydrogen) atoms. The second-order valence-electron chi connectivity index (χ2n) is 6.33. The van der Waals surface area contributed by atoms with Crippen molar-refractivity contribution in [3.63, 3.8) is 0 Å². The third-order valence-corrected chi connectivity index (χ3v) is 5.35. The number of benzene rings is 1. The Bertz CT molecular complexity index is 793. The number of nitrogens with zero attached hydrogens (tertiary/aromatic N) is 1. The van der Waals surface area contributed by atoms with Crippen molar-refractivity contribution in [2.45, 2.75) is 26.7 Å². The summed E-state index contributed by atoms with van der Waals surface area (Å²) in [6.45, 7) is 5.73. The summed E-state index contributed by atoms with van der Waals surface area (Å²) >= 11 is 3.46. The van der Waals surface area contributed by atoms with E-state index in [9.17, 15) is 4.79 Å². The Morgan fingerprint density at radius 1 is 1.36 bits per heavy atom. The summed E-state index contributed by atoms with van der Waals surface area (Å²) in [7, 11) is 2.12. The molecule has 0 aromatic heterocycles. The van der Waals surface area contributed by atoms with E-state index in [0.29, 0.717) is 12.2 Å². The van der Waals surface area contributed by atoms with Crippen molar-refractivity contribution in [3.8, 4) is 5.75 Å². The minimum Gasteiger partial charge on any atom is -0.493 e. The van der Waals surface area contributed by atoms with Crippen molar-refractivity contribution >= 4 is 21.8 Å². The Balaban J connectivity index is 1.75. The zero-order valence-corrected chi connectivity index (χ0v) is 16.4. The van der Waals surface area contributed by atoms with Gasteiger partial charge in [0.2, 0.25) is 0 Å². The van der Waals surface area contributed by atoms with Gasteiger partial charge >= 0.3 is 0 Å². The molecule has 0 spiro atoms. The van der Waals surface area contributed by atoms with Crippen LogP contribution in [0.15, 0.2) is 57.4 Å². The molecule has 0 bridgehead atoms. The molecule has 1 N–H and O–H groups in total. The van der Waals surface area contributed by atoms with Gasteiger partial charge in [-0.15, -0.1) is 0 Å². The molecule has 1 amide bonds. The normalized spacial score (nSPS) is 16.9. The van der Waals surface area contributed by atoms with E-state index in [4.69, 9.17) is 4.74 Å². The average molecular weight is 403 g/mol. The van der Waals surface area contributed by atoms with Crippen molar-refractivity contribution in [2.75, 3.05) is 20.2 Å². The molecule has 0 saturated carbocycles. The number of hydrogen-bond acceptors (Lipinski definition) is 3. The van der Waals surface area contributed by atoms with Gasteiger partial charge in [-0.1, -0.05) is 6.08 Å².